The number of rotatable bonds is 2. The second kappa shape index (κ2) is 5.55. The van der Waals surface area contributed by atoms with Crippen LogP contribution in [0.1, 0.15) is 16.1 Å². The Labute approximate surface area is 122 Å². The lowest BCUT2D eigenvalue weighted by Gasteiger charge is -2.36. The predicted octanol–water partition coefficient (Wildman–Crippen LogP) is 1.82. The van der Waals surface area contributed by atoms with Crippen LogP contribution >= 0.6 is 0 Å². The Morgan fingerprint density at radius 1 is 1.24 bits per heavy atom. The molecule has 1 N–H and O–H groups in total. The number of carbonyl (C=O) groups is 1. The van der Waals surface area contributed by atoms with E-state index in [0.29, 0.717) is 37.4 Å². The molecule has 110 valence electrons. The van der Waals surface area contributed by atoms with E-state index in [2.05, 4.69) is 10.2 Å². The van der Waals surface area contributed by atoms with Crippen molar-refractivity contribution in [3.8, 4) is 0 Å². The van der Waals surface area contributed by atoms with E-state index in [0.717, 1.165) is 5.69 Å². The van der Waals surface area contributed by atoms with Gasteiger partial charge in [-0.1, -0.05) is 12.1 Å². The van der Waals surface area contributed by atoms with Crippen LogP contribution in [0.15, 0.2) is 30.5 Å². The van der Waals surface area contributed by atoms with E-state index >= 15 is 0 Å². The summed E-state index contributed by atoms with van der Waals surface area (Å²) in [5, 5.41) is 6.65. The van der Waals surface area contributed by atoms with Gasteiger partial charge in [0.15, 0.2) is 0 Å². The number of halogens is 1. The van der Waals surface area contributed by atoms with Crippen molar-refractivity contribution in [2.24, 2.45) is 0 Å². The van der Waals surface area contributed by atoms with Crippen LogP contribution in [0.2, 0.25) is 0 Å². The minimum atomic E-state index is -0.219. The Morgan fingerprint density at radius 2 is 1.95 bits per heavy atom. The zero-order valence-electron chi connectivity index (χ0n) is 11.8. The number of H-pyrrole nitrogens is 1. The molecule has 0 bridgehead atoms. The summed E-state index contributed by atoms with van der Waals surface area (Å²) in [6, 6.07) is 6.74. The lowest BCUT2D eigenvalue weighted by Crippen LogP contribution is -2.49. The van der Waals surface area contributed by atoms with Gasteiger partial charge >= 0.3 is 0 Å². The van der Waals surface area contributed by atoms with Gasteiger partial charge in [0.25, 0.3) is 5.91 Å². The molecule has 0 unspecified atom stereocenters. The van der Waals surface area contributed by atoms with E-state index in [1.54, 1.807) is 23.2 Å². The molecule has 21 heavy (non-hydrogen) atoms. The van der Waals surface area contributed by atoms with Gasteiger partial charge in [0.2, 0.25) is 0 Å². The van der Waals surface area contributed by atoms with Crippen molar-refractivity contribution in [2.45, 2.75) is 6.92 Å². The van der Waals surface area contributed by atoms with Crippen molar-refractivity contribution in [1.82, 2.24) is 15.1 Å². The third kappa shape index (κ3) is 2.61. The molecule has 0 spiro atoms. The minimum absolute atomic E-state index is 0.0190. The Morgan fingerprint density at radius 3 is 2.57 bits per heavy atom. The predicted molar refractivity (Wildman–Crippen MR) is 77.8 cm³/mol. The molecule has 1 saturated heterocycles. The third-order valence-corrected chi connectivity index (χ3v) is 3.82. The van der Waals surface area contributed by atoms with Gasteiger partial charge in [-0.3, -0.25) is 9.89 Å². The molecule has 1 aromatic heterocycles. The van der Waals surface area contributed by atoms with Crippen LogP contribution in [0, 0.1) is 12.7 Å². The first-order valence-corrected chi connectivity index (χ1v) is 6.95. The number of para-hydroxylation sites is 1. The molecule has 3 rings (SSSR count). The highest BCUT2D eigenvalue weighted by Crippen LogP contribution is 2.20. The highest BCUT2D eigenvalue weighted by atomic mass is 19.1. The summed E-state index contributed by atoms with van der Waals surface area (Å²) in [7, 11) is 0. The second-order valence-corrected chi connectivity index (χ2v) is 5.14. The van der Waals surface area contributed by atoms with Crippen LogP contribution in [-0.2, 0) is 0 Å². The summed E-state index contributed by atoms with van der Waals surface area (Å²) < 4.78 is 13.8. The number of aryl methyl sites for hydroxylation is 1. The molecule has 0 atom stereocenters. The Kier molecular flexibility index (Phi) is 3.60. The quantitative estimate of drug-likeness (QED) is 0.917. The first-order chi connectivity index (χ1) is 10.2. The summed E-state index contributed by atoms with van der Waals surface area (Å²) in [4.78, 5) is 16.1. The van der Waals surface area contributed by atoms with Gasteiger partial charge in [-0.25, -0.2) is 4.39 Å². The van der Waals surface area contributed by atoms with Crippen molar-refractivity contribution in [2.75, 3.05) is 31.1 Å². The smallest absolute Gasteiger partial charge is 0.257 e. The van der Waals surface area contributed by atoms with Gasteiger partial charge in [-0.15, -0.1) is 0 Å². The molecule has 2 aromatic rings. The maximum atomic E-state index is 13.8. The van der Waals surface area contributed by atoms with Crippen LogP contribution in [-0.4, -0.2) is 47.2 Å². The second-order valence-electron chi connectivity index (χ2n) is 5.14. The number of benzene rings is 1. The first-order valence-electron chi connectivity index (χ1n) is 6.95. The topological polar surface area (TPSA) is 52.2 Å². The monoisotopic (exact) mass is 288 g/mol. The van der Waals surface area contributed by atoms with E-state index in [1.807, 2.05) is 17.9 Å². The summed E-state index contributed by atoms with van der Waals surface area (Å²) in [6.45, 7) is 4.25. The van der Waals surface area contributed by atoms with E-state index in [9.17, 15) is 9.18 Å². The lowest BCUT2D eigenvalue weighted by molar-refractivity contribution is 0.0746. The average Bonchev–Trinajstić information content (AvgIpc) is 2.93. The summed E-state index contributed by atoms with van der Waals surface area (Å²) >= 11 is 0. The van der Waals surface area contributed by atoms with Gasteiger partial charge < -0.3 is 9.80 Å². The van der Waals surface area contributed by atoms with E-state index < -0.39 is 0 Å². The highest BCUT2D eigenvalue weighted by Gasteiger charge is 2.24. The van der Waals surface area contributed by atoms with E-state index in [4.69, 9.17) is 0 Å². The maximum absolute atomic E-state index is 13.8. The molecule has 1 aliphatic rings. The summed E-state index contributed by atoms with van der Waals surface area (Å²) in [6.07, 6.45) is 1.56. The van der Waals surface area contributed by atoms with Gasteiger partial charge in [0, 0.05) is 31.9 Å². The van der Waals surface area contributed by atoms with Crippen LogP contribution < -0.4 is 4.90 Å². The molecule has 6 heteroatoms. The van der Waals surface area contributed by atoms with Crippen LogP contribution in [0.5, 0.6) is 0 Å². The number of hydrogen-bond acceptors (Lipinski definition) is 3. The normalized spacial score (nSPS) is 15.3. The lowest BCUT2D eigenvalue weighted by atomic mass is 10.2. The number of hydrogen-bond donors (Lipinski definition) is 1. The number of aromatic amines is 1. The van der Waals surface area contributed by atoms with Gasteiger partial charge in [-0.05, 0) is 19.1 Å². The SMILES string of the molecule is Cc1[nH]ncc1C(=O)N1CCN(c2ccccc2F)CC1. The van der Waals surface area contributed by atoms with Gasteiger partial charge in [-0.2, -0.15) is 5.10 Å². The fourth-order valence-electron chi connectivity index (χ4n) is 2.60. The van der Waals surface area contributed by atoms with Crippen molar-refractivity contribution < 1.29 is 9.18 Å². The molecule has 1 aliphatic heterocycles. The molecule has 0 aliphatic carbocycles. The molecular formula is C15H17FN4O. The molecule has 1 aromatic carbocycles. The fraction of sp³-hybridized carbons (Fsp3) is 0.333. The largest absolute Gasteiger partial charge is 0.366 e. The van der Waals surface area contributed by atoms with Crippen LogP contribution in [0.25, 0.3) is 0 Å². The highest BCUT2D eigenvalue weighted by molar-refractivity contribution is 5.95. The molecule has 1 amide bonds. The maximum Gasteiger partial charge on any atom is 0.257 e. The Hall–Kier alpha value is -2.37. The van der Waals surface area contributed by atoms with Crippen molar-refractivity contribution in [3.05, 3.63) is 47.5 Å². The zero-order chi connectivity index (χ0) is 14.8. The minimum Gasteiger partial charge on any atom is -0.366 e. The van der Waals surface area contributed by atoms with E-state index in [1.165, 1.54) is 6.07 Å². The number of carbonyl (C=O) groups excluding carboxylic acids is 1. The molecule has 0 saturated carbocycles. The first kappa shape index (κ1) is 13.6. The number of amides is 1. The molecule has 2 heterocycles. The fourth-order valence-corrected chi connectivity index (χ4v) is 2.60. The van der Waals surface area contributed by atoms with Crippen LogP contribution in [0.4, 0.5) is 10.1 Å². The number of anilines is 1. The Balaban J connectivity index is 1.67. The number of nitrogens with zero attached hydrogens (tertiary/aromatic N) is 3. The van der Waals surface area contributed by atoms with E-state index in [-0.39, 0.29) is 11.7 Å². The van der Waals surface area contributed by atoms with Gasteiger partial charge in [0.1, 0.15) is 5.82 Å². The molecular weight excluding hydrogens is 271 g/mol. The van der Waals surface area contributed by atoms with Crippen LogP contribution in [0.3, 0.4) is 0 Å². The number of aromatic nitrogens is 2. The third-order valence-electron chi connectivity index (χ3n) is 3.82. The molecule has 5 nitrogen and oxygen atoms in total. The zero-order valence-corrected chi connectivity index (χ0v) is 11.8. The van der Waals surface area contributed by atoms with Crippen molar-refractivity contribution >= 4 is 11.6 Å². The number of nitrogens with one attached hydrogen (secondary N) is 1. The average molecular weight is 288 g/mol. The molecule has 0 radical (unpaired) electrons. The van der Waals surface area contributed by atoms with Crippen molar-refractivity contribution in [3.63, 3.8) is 0 Å². The standard InChI is InChI=1S/C15H17FN4O/c1-11-12(10-17-18-11)15(21)20-8-6-19(7-9-20)14-5-3-2-4-13(14)16/h2-5,10H,6-9H2,1H3,(H,17,18). The molecule has 1 fully saturated rings. The van der Waals surface area contributed by atoms with Gasteiger partial charge in [0.05, 0.1) is 17.4 Å². The number of piperazine rings is 1. The summed E-state index contributed by atoms with van der Waals surface area (Å²) in [5.74, 6) is -0.239. The Bertz CT molecular complexity index is 647. The van der Waals surface area contributed by atoms with Crippen molar-refractivity contribution in [1.29, 1.82) is 0 Å². The summed E-state index contributed by atoms with van der Waals surface area (Å²) in [5.41, 5.74) is 1.98.